The standard InChI is InChI=1S/C19H28NO9.ClH/c1-8-9-20(6,7)10-15(24)29-19-18(28-14(5)23)17(27-13(4)22)16(11(2)25-19)26-12(3)21;/h1,11,16-19H,9-10H2,2-7H3;1H/q+1;/p-1/t11-,16-,17+,18+,19?;/m0./s1. The molecule has 170 valence electrons. The first-order chi connectivity index (χ1) is 13.4. The van der Waals surface area contributed by atoms with Gasteiger partial charge in [0, 0.05) is 20.8 Å². The smallest absolute Gasteiger partial charge is 0.364 e. The van der Waals surface area contributed by atoms with Gasteiger partial charge in [-0.05, 0) is 12.8 Å². The lowest BCUT2D eigenvalue weighted by molar-refractivity contribution is -0.875. The summed E-state index contributed by atoms with van der Waals surface area (Å²) in [6.45, 7) is 5.22. The summed E-state index contributed by atoms with van der Waals surface area (Å²) in [6, 6.07) is 0. The zero-order valence-electron chi connectivity index (χ0n) is 17.9. The minimum absolute atomic E-state index is 0. The van der Waals surface area contributed by atoms with Crippen LogP contribution in [0.2, 0.25) is 0 Å². The summed E-state index contributed by atoms with van der Waals surface area (Å²) in [5.41, 5.74) is 0. The molecule has 5 atom stereocenters. The van der Waals surface area contributed by atoms with Gasteiger partial charge in [-0.15, -0.1) is 6.42 Å². The van der Waals surface area contributed by atoms with Gasteiger partial charge in [0.2, 0.25) is 12.4 Å². The number of esters is 4. The third-order valence-electron chi connectivity index (χ3n) is 3.96. The predicted octanol–water partition coefficient (Wildman–Crippen LogP) is -3.22. The van der Waals surface area contributed by atoms with Crippen molar-refractivity contribution in [2.24, 2.45) is 0 Å². The molecule has 10 nitrogen and oxygen atoms in total. The summed E-state index contributed by atoms with van der Waals surface area (Å²) < 4.78 is 26.8. The number of rotatable bonds is 7. The molecule has 1 aliphatic rings. The Kier molecular flexibility index (Phi) is 10.8. The van der Waals surface area contributed by atoms with E-state index >= 15 is 0 Å². The van der Waals surface area contributed by atoms with E-state index in [1.54, 1.807) is 21.0 Å². The van der Waals surface area contributed by atoms with Gasteiger partial charge in [0.1, 0.15) is 6.54 Å². The van der Waals surface area contributed by atoms with Crippen LogP contribution in [0.4, 0.5) is 0 Å². The van der Waals surface area contributed by atoms with Crippen LogP contribution in [-0.4, -0.2) is 86.3 Å². The number of hydrogen-bond donors (Lipinski definition) is 0. The number of ether oxygens (including phenoxy) is 5. The molecule has 0 aromatic rings. The highest BCUT2D eigenvalue weighted by Gasteiger charge is 2.52. The van der Waals surface area contributed by atoms with Gasteiger partial charge >= 0.3 is 23.9 Å². The zero-order valence-corrected chi connectivity index (χ0v) is 18.6. The molecule has 1 rings (SSSR count). The molecule has 30 heavy (non-hydrogen) atoms. The monoisotopic (exact) mass is 449 g/mol. The summed E-state index contributed by atoms with van der Waals surface area (Å²) >= 11 is 0. The molecule has 0 aromatic heterocycles. The van der Waals surface area contributed by atoms with Crippen LogP contribution in [0.3, 0.4) is 0 Å². The highest BCUT2D eigenvalue weighted by molar-refractivity contribution is 5.71. The van der Waals surface area contributed by atoms with Crippen molar-refractivity contribution in [1.82, 2.24) is 0 Å². The molecule has 1 aliphatic heterocycles. The molecular formula is C19H28ClNO9. The van der Waals surface area contributed by atoms with E-state index in [0.717, 1.165) is 13.8 Å². The molecule has 0 radical (unpaired) electrons. The molecule has 0 bridgehead atoms. The zero-order chi connectivity index (χ0) is 22.4. The van der Waals surface area contributed by atoms with Crippen molar-refractivity contribution in [2.75, 3.05) is 27.2 Å². The lowest BCUT2D eigenvalue weighted by atomic mass is 9.99. The second-order valence-electron chi connectivity index (χ2n) is 7.38. The Labute approximate surface area is 182 Å². The number of quaternary nitrogens is 1. The molecule has 0 amide bonds. The van der Waals surface area contributed by atoms with Crippen molar-refractivity contribution >= 4 is 23.9 Å². The SMILES string of the molecule is C#CC[N+](C)(C)CC(=O)OC1O[C@@H](C)[C@H](OC(C)=O)[C@@H](OC(C)=O)[C@H]1OC(C)=O.[Cl-]. The lowest BCUT2D eigenvalue weighted by Crippen LogP contribution is -3.00. The van der Waals surface area contributed by atoms with Crippen molar-refractivity contribution in [3.05, 3.63) is 0 Å². The highest BCUT2D eigenvalue weighted by Crippen LogP contribution is 2.29. The summed E-state index contributed by atoms with van der Waals surface area (Å²) in [6.07, 6.45) is -0.513. The van der Waals surface area contributed by atoms with E-state index in [2.05, 4.69) is 5.92 Å². The molecule has 1 saturated heterocycles. The van der Waals surface area contributed by atoms with E-state index in [9.17, 15) is 19.2 Å². The Morgan fingerprint density at radius 1 is 0.900 bits per heavy atom. The van der Waals surface area contributed by atoms with Crippen LogP contribution < -0.4 is 12.4 Å². The first-order valence-corrected chi connectivity index (χ1v) is 8.98. The maximum absolute atomic E-state index is 12.4. The molecule has 1 unspecified atom stereocenters. The number of halogens is 1. The normalized spacial score (nSPS) is 25.7. The predicted molar refractivity (Wildman–Crippen MR) is 97.8 cm³/mol. The number of likely N-dealkylation sites (N-methyl/N-ethyl adjacent to an activating group) is 1. The summed E-state index contributed by atoms with van der Waals surface area (Å²) in [4.78, 5) is 47.1. The summed E-state index contributed by atoms with van der Waals surface area (Å²) in [5, 5.41) is 0. The Bertz CT molecular complexity index is 688. The van der Waals surface area contributed by atoms with Crippen LogP contribution in [0, 0.1) is 12.3 Å². The molecule has 0 aromatic carbocycles. The first kappa shape index (κ1) is 27.6. The van der Waals surface area contributed by atoms with Gasteiger partial charge in [-0.3, -0.25) is 14.4 Å². The number of terminal acetylenes is 1. The average molecular weight is 450 g/mol. The van der Waals surface area contributed by atoms with Crippen LogP contribution in [0.15, 0.2) is 0 Å². The van der Waals surface area contributed by atoms with E-state index in [1.165, 1.54) is 6.92 Å². The summed E-state index contributed by atoms with van der Waals surface area (Å²) in [7, 11) is 3.49. The molecule has 0 spiro atoms. The average Bonchev–Trinajstić information content (AvgIpc) is 2.52. The van der Waals surface area contributed by atoms with Crippen LogP contribution in [0.5, 0.6) is 0 Å². The van der Waals surface area contributed by atoms with Crippen molar-refractivity contribution in [1.29, 1.82) is 0 Å². The lowest BCUT2D eigenvalue weighted by Gasteiger charge is -2.43. The minimum atomic E-state index is -1.37. The van der Waals surface area contributed by atoms with Gasteiger partial charge in [-0.2, -0.15) is 0 Å². The molecular weight excluding hydrogens is 422 g/mol. The van der Waals surface area contributed by atoms with E-state index in [-0.39, 0.29) is 30.0 Å². The molecule has 0 N–H and O–H groups in total. The first-order valence-electron chi connectivity index (χ1n) is 8.98. The summed E-state index contributed by atoms with van der Waals surface area (Å²) in [5.74, 6) is -0.260. The number of nitrogens with zero attached hydrogens (tertiary/aromatic N) is 1. The number of carbonyl (C=O) groups is 4. The third-order valence-corrected chi connectivity index (χ3v) is 3.96. The molecule has 11 heteroatoms. The Morgan fingerprint density at radius 2 is 1.37 bits per heavy atom. The van der Waals surface area contributed by atoms with Crippen LogP contribution in [0.1, 0.15) is 27.7 Å². The number of carbonyl (C=O) groups excluding carboxylic acids is 4. The molecule has 1 heterocycles. The van der Waals surface area contributed by atoms with Crippen LogP contribution in [-0.2, 0) is 42.9 Å². The molecule has 1 fully saturated rings. The Morgan fingerprint density at radius 3 is 1.83 bits per heavy atom. The number of hydrogen-bond acceptors (Lipinski definition) is 9. The largest absolute Gasteiger partial charge is 1.00 e. The van der Waals surface area contributed by atoms with Crippen LogP contribution in [0.25, 0.3) is 0 Å². The maximum atomic E-state index is 12.4. The van der Waals surface area contributed by atoms with Gasteiger partial charge in [0.05, 0.1) is 20.2 Å². The Balaban J connectivity index is 0.00000841. The second kappa shape index (κ2) is 11.7. The maximum Gasteiger partial charge on any atom is 0.364 e. The quantitative estimate of drug-likeness (QED) is 0.171. The third kappa shape index (κ3) is 8.57. The highest BCUT2D eigenvalue weighted by atomic mass is 35.5. The van der Waals surface area contributed by atoms with Gasteiger partial charge in [0.25, 0.3) is 0 Å². The van der Waals surface area contributed by atoms with Crippen molar-refractivity contribution in [2.45, 2.75) is 58.4 Å². The van der Waals surface area contributed by atoms with Gasteiger partial charge in [-0.25, -0.2) is 4.79 Å². The second-order valence-corrected chi connectivity index (χ2v) is 7.38. The van der Waals surface area contributed by atoms with E-state index in [0.29, 0.717) is 0 Å². The fourth-order valence-electron chi connectivity index (χ4n) is 2.88. The fraction of sp³-hybridized carbons (Fsp3) is 0.684. The fourth-order valence-corrected chi connectivity index (χ4v) is 2.88. The molecule has 0 saturated carbocycles. The van der Waals surface area contributed by atoms with E-state index in [4.69, 9.17) is 30.1 Å². The van der Waals surface area contributed by atoms with E-state index in [1.807, 2.05) is 0 Å². The van der Waals surface area contributed by atoms with Gasteiger partial charge in [-0.1, -0.05) is 0 Å². The van der Waals surface area contributed by atoms with Crippen molar-refractivity contribution < 1.29 is 59.8 Å². The van der Waals surface area contributed by atoms with Gasteiger partial charge in [0.15, 0.2) is 18.8 Å². The van der Waals surface area contributed by atoms with Crippen molar-refractivity contribution in [3.63, 3.8) is 0 Å². The van der Waals surface area contributed by atoms with Crippen molar-refractivity contribution in [3.8, 4) is 12.3 Å². The minimum Gasteiger partial charge on any atom is -1.00 e. The topological polar surface area (TPSA) is 114 Å². The van der Waals surface area contributed by atoms with E-state index < -0.39 is 54.6 Å². The van der Waals surface area contributed by atoms with Crippen LogP contribution >= 0.6 is 0 Å². The molecule has 0 aliphatic carbocycles. The Hall–Kier alpha value is -2.35. The van der Waals surface area contributed by atoms with Gasteiger partial charge < -0.3 is 40.6 Å².